The van der Waals surface area contributed by atoms with Gasteiger partial charge in [0.25, 0.3) is 0 Å². The first kappa shape index (κ1) is 18.0. The van der Waals surface area contributed by atoms with Gasteiger partial charge in [-0.25, -0.2) is 4.79 Å². The van der Waals surface area contributed by atoms with Crippen LogP contribution in [0.15, 0.2) is 48.5 Å². The molecule has 1 N–H and O–H groups in total. The highest BCUT2D eigenvalue weighted by Crippen LogP contribution is 2.31. The minimum Gasteiger partial charge on any atom is -0.496 e. The molecule has 1 amide bonds. The van der Waals surface area contributed by atoms with Crippen LogP contribution in [0.5, 0.6) is 5.75 Å². The van der Waals surface area contributed by atoms with Gasteiger partial charge in [-0.05, 0) is 28.7 Å². The van der Waals surface area contributed by atoms with Crippen molar-refractivity contribution in [2.45, 2.75) is 38.3 Å². The molecule has 0 fully saturated rings. The maximum atomic E-state index is 12.9. The Morgan fingerprint density at radius 2 is 1.81 bits per heavy atom. The minimum atomic E-state index is -0.960. The number of carboxylic acid groups (broad SMARTS) is 1. The number of hydrogen-bond acceptors (Lipinski definition) is 3. The van der Waals surface area contributed by atoms with E-state index < -0.39 is 12.0 Å². The molecular weight excluding hydrogens is 330 g/mol. The Labute approximate surface area is 153 Å². The lowest BCUT2D eigenvalue weighted by molar-refractivity contribution is -0.151. The molecule has 1 heterocycles. The summed E-state index contributed by atoms with van der Waals surface area (Å²) < 4.78 is 5.38. The van der Waals surface area contributed by atoms with E-state index in [0.29, 0.717) is 13.0 Å². The fourth-order valence-corrected chi connectivity index (χ4v) is 3.57. The predicted octanol–water partition coefficient (Wildman–Crippen LogP) is 3.23. The largest absolute Gasteiger partial charge is 0.496 e. The van der Waals surface area contributed by atoms with E-state index in [1.165, 1.54) is 4.90 Å². The normalized spacial score (nSPS) is 17.3. The first-order chi connectivity index (χ1) is 12.5. The highest BCUT2D eigenvalue weighted by molar-refractivity contribution is 5.85. The molecule has 0 radical (unpaired) electrons. The highest BCUT2D eigenvalue weighted by Gasteiger charge is 2.35. The fourth-order valence-electron chi connectivity index (χ4n) is 3.57. The van der Waals surface area contributed by atoms with Gasteiger partial charge >= 0.3 is 5.97 Å². The van der Waals surface area contributed by atoms with Crippen LogP contribution >= 0.6 is 0 Å². The van der Waals surface area contributed by atoms with Crippen molar-refractivity contribution in [2.24, 2.45) is 0 Å². The lowest BCUT2D eigenvalue weighted by atomic mass is 9.91. The van der Waals surface area contributed by atoms with Gasteiger partial charge in [0.05, 0.1) is 7.11 Å². The molecule has 3 rings (SSSR count). The molecule has 0 saturated heterocycles. The van der Waals surface area contributed by atoms with Gasteiger partial charge in [-0.2, -0.15) is 0 Å². The van der Waals surface area contributed by atoms with Crippen LogP contribution in [0.1, 0.15) is 36.0 Å². The second-order valence-corrected chi connectivity index (χ2v) is 6.70. The first-order valence-corrected chi connectivity index (χ1v) is 8.73. The zero-order valence-corrected chi connectivity index (χ0v) is 15.0. The number of aliphatic carboxylic acids is 1. The molecular formula is C21H23NO4. The second kappa shape index (κ2) is 7.60. The summed E-state index contributed by atoms with van der Waals surface area (Å²) in [7, 11) is 1.61. The molecule has 0 unspecified atom stereocenters. The summed E-state index contributed by atoms with van der Waals surface area (Å²) in [5.41, 5.74) is 2.97. The van der Waals surface area contributed by atoms with E-state index in [0.717, 1.165) is 22.4 Å². The third kappa shape index (κ3) is 3.57. The average molecular weight is 353 g/mol. The number of para-hydroxylation sites is 1. The minimum absolute atomic E-state index is 0.0646. The molecule has 1 aliphatic heterocycles. The summed E-state index contributed by atoms with van der Waals surface area (Å²) in [6, 6.07) is 14.5. The number of methoxy groups -OCH3 is 1. The van der Waals surface area contributed by atoms with E-state index in [1.54, 1.807) is 7.11 Å². The van der Waals surface area contributed by atoms with Crippen molar-refractivity contribution in [2.75, 3.05) is 7.11 Å². The van der Waals surface area contributed by atoms with E-state index >= 15 is 0 Å². The third-order valence-corrected chi connectivity index (χ3v) is 5.00. The summed E-state index contributed by atoms with van der Waals surface area (Å²) in [5.74, 6) is -0.431. The predicted molar refractivity (Wildman–Crippen MR) is 98.1 cm³/mol. The average Bonchev–Trinajstić information content (AvgIpc) is 2.66. The van der Waals surface area contributed by atoms with Crippen molar-refractivity contribution in [1.29, 1.82) is 0 Å². The summed E-state index contributed by atoms with van der Waals surface area (Å²) in [4.78, 5) is 26.1. The quantitative estimate of drug-likeness (QED) is 0.896. The summed E-state index contributed by atoms with van der Waals surface area (Å²) in [6.07, 6.45) is 0.590. The summed E-state index contributed by atoms with van der Waals surface area (Å²) in [5, 5.41) is 9.60. The zero-order valence-electron chi connectivity index (χ0n) is 15.0. The second-order valence-electron chi connectivity index (χ2n) is 6.70. The number of carbonyl (C=O) groups is 2. The molecule has 5 nitrogen and oxygen atoms in total. The molecule has 136 valence electrons. The Kier molecular flexibility index (Phi) is 5.26. The third-order valence-electron chi connectivity index (χ3n) is 5.00. The van der Waals surface area contributed by atoms with E-state index in [1.807, 2.05) is 55.5 Å². The van der Waals surface area contributed by atoms with Gasteiger partial charge in [-0.15, -0.1) is 0 Å². The molecule has 2 aromatic rings. The highest BCUT2D eigenvalue weighted by atomic mass is 16.5. The maximum absolute atomic E-state index is 12.9. The molecule has 0 saturated carbocycles. The lowest BCUT2D eigenvalue weighted by Gasteiger charge is -2.35. The Balaban J connectivity index is 1.80. The van der Waals surface area contributed by atoms with E-state index in [9.17, 15) is 14.7 Å². The van der Waals surface area contributed by atoms with Crippen molar-refractivity contribution in [3.05, 3.63) is 65.2 Å². The monoisotopic (exact) mass is 353 g/mol. The van der Waals surface area contributed by atoms with Gasteiger partial charge < -0.3 is 14.7 Å². The molecule has 5 heteroatoms. The molecule has 26 heavy (non-hydrogen) atoms. The van der Waals surface area contributed by atoms with Gasteiger partial charge in [0.1, 0.15) is 11.8 Å². The van der Waals surface area contributed by atoms with Crippen LogP contribution in [0.3, 0.4) is 0 Å². The SMILES string of the molecule is COc1ccccc1[C@H](C)CC(=O)N1Cc2ccccc2C[C@H]1C(=O)O. The Hall–Kier alpha value is -2.82. The van der Waals surface area contributed by atoms with Gasteiger partial charge in [-0.3, -0.25) is 4.79 Å². The number of carbonyl (C=O) groups excluding carboxylic acids is 1. The van der Waals surface area contributed by atoms with E-state index in [-0.39, 0.29) is 18.2 Å². The van der Waals surface area contributed by atoms with Crippen LogP contribution < -0.4 is 4.74 Å². The van der Waals surface area contributed by atoms with Crippen LogP contribution in [0.25, 0.3) is 0 Å². The maximum Gasteiger partial charge on any atom is 0.326 e. The number of carboxylic acids is 1. The Morgan fingerprint density at radius 1 is 1.15 bits per heavy atom. The van der Waals surface area contributed by atoms with Crippen molar-refractivity contribution in [3.8, 4) is 5.75 Å². The summed E-state index contributed by atoms with van der Waals surface area (Å²) >= 11 is 0. The number of benzene rings is 2. The molecule has 0 aromatic heterocycles. The molecule has 0 aliphatic carbocycles. The summed E-state index contributed by atoms with van der Waals surface area (Å²) in [6.45, 7) is 2.30. The fraction of sp³-hybridized carbons (Fsp3) is 0.333. The van der Waals surface area contributed by atoms with Crippen molar-refractivity contribution in [3.63, 3.8) is 0 Å². The van der Waals surface area contributed by atoms with Crippen molar-refractivity contribution in [1.82, 2.24) is 4.90 Å². The first-order valence-electron chi connectivity index (χ1n) is 8.73. The number of ether oxygens (including phenoxy) is 1. The standard InChI is InChI=1S/C21H23NO4/c1-14(17-9-5-6-10-19(17)26-2)11-20(23)22-13-16-8-4-3-7-15(16)12-18(22)21(24)25/h3-10,14,18H,11-13H2,1-2H3,(H,24,25)/t14-,18+/m1/s1. The van der Waals surface area contributed by atoms with Crippen LogP contribution in [-0.2, 0) is 22.6 Å². The smallest absolute Gasteiger partial charge is 0.326 e. The van der Waals surface area contributed by atoms with Gasteiger partial charge in [0, 0.05) is 19.4 Å². The Morgan fingerprint density at radius 3 is 2.50 bits per heavy atom. The van der Waals surface area contributed by atoms with Crippen molar-refractivity contribution < 1.29 is 19.4 Å². The Bertz CT molecular complexity index is 817. The van der Waals surface area contributed by atoms with Crippen LogP contribution in [-0.4, -0.2) is 35.0 Å². The lowest BCUT2D eigenvalue weighted by Crippen LogP contribution is -2.48. The van der Waals surface area contributed by atoms with Gasteiger partial charge in [0.2, 0.25) is 5.91 Å². The number of fused-ring (bicyclic) bond motifs is 1. The van der Waals surface area contributed by atoms with Crippen molar-refractivity contribution >= 4 is 11.9 Å². The van der Waals surface area contributed by atoms with E-state index in [4.69, 9.17) is 4.74 Å². The molecule has 1 aliphatic rings. The van der Waals surface area contributed by atoms with Gasteiger partial charge in [0.15, 0.2) is 0 Å². The molecule has 0 spiro atoms. The molecule has 2 atom stereocenters. The topological polar surface area (TPSA) is 66.8 Å². The van der Waals surface area contributed by atoms with Crippen LogP contribution in [0.4, 0.5) is 0 Å². The van der Waals surface area contributed by atoms with E-state index in [2.05, 4.69) is 0 Å². The van der Waals surface area contributed by atoms with Gasteiger partial charge in [-0.1, -0.05) is 49.4 Å². The number of nitrogens with zero attached hydrogens (tertiary/aromatic N) is 1. The molecule has 2 aromatic carbocycles. The van der Waals surface area contributed by atoms with Crippen LogP contribution in [0, 0.1) is 0 Å². The number of hydrogen-bond donors (Lipinski definition) is 1. The number of amides is 1. The van der Waals surface area contributed by atoms with Crippen LogP contribution in [0.2, 0.25) is 0 Å². The zero-order chi connectivity index (χ0) is 18.7. The molecule has 0 bridgehead atoms. The number of rotatable bonds is 5.